The van der Waals surface area contributed by atoms with Gasteiger partial charge in [0, 0.05) is 6.07 Å². The van der Waals surface area contributed by atoms with Gasteiger partial charge in [-0.2, -0.15) is 0 Å². The Labute approximate surface area is 72.0 Å². The van der Waals surface area contributed by atoms with Crippen LogP contribution in [0.15, 0.2) is 12.1 Å². The Morgan fingerprint density at radius 1 is 1.58 bits per heavy atom. The number of carbonyl (C=O) groups is 1. The molecule has 1 aromatic heterocycles. The summed E-state index contributed by atoms with van der Waals surface area (Å²) >= 11 is 0.949. The number of thiophene rings is 1. The molecule has 12 heavy (non-hydrogen) atoms. The fourth-order valence-corrected chi connectivity index (χ4v) is 1.28. The molecule has 0 fully saturated rings. The number of hydrogen-bond donors (Lipinski definition) is 0. The third-order valence-electron chi connectivity index (χ3n) is 1.03. The minimum Gasteiger partial charge on any atom is -0.289 e. The van der Waals surface area contributed by atoms with Crippen molar-refractivity contribution in [1.29, 1.82) is 0 Å². The zero-order valence-electron chi connectivity index (χ0n) is 5.81. The molecular formula is C7H3NO3S. The average Bonchev–Trinajstić information content (AvgIpc) is 2.48. The van der Waals surface area contributed by atoms with E-state index in [4.69, 9.17) is 0 Å². The summed E-state index contributed by atoms with van der Waals surface area (Å²) in [7, 11) is 0. The van der Waals surface area contributed by atoms with Crippen LogP contribution in [0.4, 0.5) is 5.00 Å². The van der Waals surface area contributed by atoms with Crippen molar-refractivity contribution >= 4 is 22.6 Å². The SMILES string of the molecule is O=CC#Cc1ccc([N+](=O)[O-])s1. The van der Waals surface area contributed by atoms with Crippen molar-refractivity contribution in [2.45, 2.75) is 0 Å². The summed E-state index contributed by atoms with van der Waals surface area (Å²) in [6.45, 7) is 0. The molecule has 0 bridgehead atoms. The summed E-state index contributed by atoms with van der Waals surface area (Å²) in [5.41, 5.74) is 0. The lowest BCUT2D eigenvalue weighted by molar-refractivity contribution is -0.380. The van der Waals surface area contributed by atoms with E-state index in [0.717, 1.165) is 11.3 Å². The minimum atomic E-state index is -0.489. The fourth-order valence-electron chi connectivity index (χ4n) is 0.594. The quantitative estimate of drug-likeness (QED) is 0.283. The summed E-state index contributed by atoms with van der Waals surface area (Å²) in [5.74, 6) is 4.64. The van der Waals surface area contributed by atoms with Crippen molar-refractivity contribution < 1.29 is 9.72 Å². The highest BCUT2D eigenvalue weighted by Gasteiger charge is 2.07. The maximum absolute atomic E-state index is 10.2. The van der Waals surface area contributed by atoms with Gasteiger partial charge in [0.05, 0.1) is 9.80 Å². The van der Waals surface area contributed by atoms with Crippen LogP contribution in [0.25, 0.3) is 0 Å². The molecule has 0 amide bonds. The topological polar surface area (TPSA) is 60.2 Å². The monoisotopic (exact) mass is 181 g/mol. The summed E-state index contributed by atoms with van der Waals surface area (Å²) in [5, 5.41) is 10.2. The van der Waals surface area contributed by atoms with Gasteiger partial charge in [0.2, 0.25) is 0 Å². The third-order valence-corrected chi connectivity index (χ3v) is 1.98. The van der Waals surface area contributed by atoms with Gasteiger partial charge in [0.1, 0.15) is 0 Å². The maximum Gasteiger partial charge on any atom is 0.325 e. The predicted molar refractivity (Wildman–Crippen MR) is 43.9 cm³/mol. The second-order valence-corrected chi connectivity index (χ2v) is 2.84. The van der Waals surface area contributed by atoms with E-state index in [0.29, 0.717) is 11.2 Å². The van der Waals surface area contributed by atoms with Gasteiger partial charge in [0.25, 0.3) is 0 Å². The standard InChI is InChI=1S/C7H3NO3S/c9-5-1-2-6-3-4-7(12-6)8(10)11/h3-5H. The molecule has 1 rings (SSSR count). The van der Waals surface area contributed by atoms with E-state index >= 15 is 0 Å². The molecule has 0 spiro atoms. The van der Waals surface area contributed by atoms with Gasteiger partial charge in [-0.1, -0.05) is 11.3 Å². The molecule has 1 aromatic rings. The molecule has 5 heteroatoms. The van der Waals surface area contributed by atoms with Gasteiger partial charge in [0.15, 0.2) is 6.29 Å². The van der Waals surface area contributed by atoms with E-state index < -0.39 is 4.92 Å². The lowest BCUT2D eigenvalue weighted by Gasteiger charge is -1.78. The molecule has 0 aliphatic rings. The first kappa shape index (κ1) is 8.43. The largest absolute Gasteiger partial charge is 0.325 e. The zero-order chi connectivity index (χ0) is 8.97. The van der Waals surface area contributed by atoms with E-state index in [-0.39, 0.29) is 5.00 Å². The summed E-state index contributed by atoms with van der Waals surface area (Å²) in [6, 6.07) is 2.87. The van der Waals surface area contributed by atoms with Crippen molar-refractivity contribution in [3.05, 3.63) is 27.1 Å². The van der Waals surface area contributed by atoms with Crippen molar-refractivity contribution in [3.63, 3.8) is 0 Å². The van der Waals surface area contributed by atoms with E-state index in [2.05, 4.69) is 11.8 Å². The summed E-state index contributed by atoms with van der Waals surface area (Å²) in [6.07, 6.45) is 0.450. The molecule has 4 nitrogen and oxygen atoms in total. The molecule has 0 atom stereocenters. The number of carbonyl (C=O) groups excluding carboxylic acids is 1. The van der Waals surface area contributed by atoms with Crippen LogP contribution in [0, 0.1) is 22.0 Å². The van der Waals surface area contributed by atoms with Gasteiger partial charge < -0.3 is 0 Å². The lowest BCUT2D eigenvalue weighted by Crippen LogP contribution is -1.80. The number of aldehydes is 1. The van der Waals surface area contributed by atoms with Crippen molar-refractivity contribution in [2.24, 2.45) is 0 Å². The normalized spacial score (nSPS) is 8.33. The van der Waals surface area contributed by atoms with Crippen LogP contribution < -0.4 is 0 Å². The Morgan fingerprint density at radius 3 is 2.83 bits per heavy atom. The number of rotatable bonds is 1. The van der Waals surface area contributed by atoms with Crippen molar-refractivity contribution in [2.75, 3.05) is 0 Å². The first-order valence-electron chi connectivity index (χ1n) is 2.93. The molecule has 0 saturated carbocycles. The highest BCUT2D eigenvalue weighted by atomic mass is 32.1. The van der Waals surface area contributed by atoms with Gasteiger partial charge in [-0.25, -0.2) is 0 Å². The Bertz CT molecular complexity index is 371. The number of nitro groups is 1. The van der Waals surface area contributed by atoms with Gasteiger partial charge in [-0.15, -0.1) is 0 Å². The van der Waals surface area contributed by atoms with Crippen molar-refractivity contribution in [3.8, 4) is 11.8 Å². The van der Waals surface area contributed by atoms with Gasteiger partial charge in [-0.05, 0) is 17.9 Å². The number of hydrogen-bond acceptors (Lipinski definition) is 4. The van der Waals surface area contributed by atoms with Gasteiger partial charge >= 0.3 is 5.00 Å². The molecule has 0 aliphatic heterocycles. The Morgan fingerprint density at radius 2 is 2.33 bits per heavy atom. The number of nitrogens with zero attached hydrogens (tertiary/aromatic N) is 1. The van der Waals surface area contributed by atoms with E-state index in [1.165, 1.54) is 12.1 Å². The molecule has 0 radical (unpaired) electrons. The van der Waals surface area contributed by atoms with E-state index in [9.17, 15) is 14.9 Å². The third kappa shape index (κ3) is 1.90. The van der Waals surface area contributed by atoms with Crippen LogP contribution >= 0.6 is 11.3 Å². The van der Waals surface area contributed by atoms with Crippen LogP contribution in [-0.2, 0) is 4.79 Å². The molecule has 0 N–H and O–H groups in total. The molecule has 0 unspecified atom stereocenters. The lowest BCUT2D eigenvalue weighted by atomic mass is 10.4. The smallest absolute Gasteiger partial charge is 0.289 e. The maximum atomic E-state index is 10.2. The zero-order valence-corrected chi connectivity index (χ0v) is 6.63. The second kappa shape index (κ2) is 3.64. The second-order valence-electron chi connectivity index (χ2n) is 1.78. The Kier molecular flexibility index (Phi) is 2.56. The van der Waals surface area contributed by atoms with Crippen LogP contribution in [0.1, 0.15) is 4.88 Å². The summed E-state index contributed by atoms with van der Waals surface area (Å²) < 4.78 is 0. The van der Waals surface area contributed by atoms with Gasteiger partial charge in [-0.3, -0.25) is 14.9 Å². The molecule has 1 heterocycles. The minimum absolute atomic E-state index is 0.0326. The Hall–Kier alpha value is -1.67. The van der Waals surface area contributed by atoms with Crippen molar-refractivity contribution in [1.82, 2.24) is 0 Å². The predicted octanol–water partition coefficient (Wildman–Crippen LogP) is 1.21. The van der Waals surface area contributed by atoms with E-state index in [1.54, 1.807) is 0 Å². The van der Waals surface area contributed by atoms with Crippen LogP contribution in [-0.4, -0.2) is 11.2 Å². The average molecular weight is 181 g/mol. The highest BCUT2D eigenvalue weighted by molar-refractivity contribution is 7.15. The molecule has 60 valence electrons. The highest BCUT2D eigenvalue weighted by Crippen LogP contribution is 2.22. The van der Waals surface area contributed by atoms with E-state index in [1.807, 2.05) is 0 Å². The van der Waals surface area contributed by atoms with Crippen LogP contribution in [0.2, 0.25) is 0 Å². The van der Waals surface area contributed by atoms with Crippen LogP contribution in [0.3, 0.4) is 0 Å². The molecule has 0 aromatic carbocycles. The molecular weight excluding hydrogens is 178 g/mol. The first-order chi connectivity index (χ1) is 5.74. The molecule has 0 aliphatic carbocycles. The first-order valence-corrected chi connectivity index (χ1v) is 3.75. The summed E-state index contributed by atoms with van der Waals surface area (Å²) in [4.78, 5) is 20.0. The Balaban J connectivity index is 2.91. The fraction of sp³-hybridized carbons (Fsp3) is 0. The van der Waals surface area contributed by atoms with Crippen LogP contribution in [0.5, 0.6) is 0 Å². The molecule has 0 saturated heterocycles.